The Bertz CT molecular complexity index is 403. The van der Waals surface area contributed by atoms with Gasteiger partial charge >= 0.3 is 0 Å². The van der Waals surface area contributed by atoms with Crippen molar-refractivity contribution in [2.45, 2.75) is 19.4 Å². The van der Waals surface area contributed by atoms with E-state index in [4.69, 9.17) is 0 Å². The number of aromatic nitrogens is 2. The number of aromatic amines is 1. The second-order valence-electron chi connectivity index (χ2n) is 3.90. The van der Waals surface area contributed by atoms with Crippen LogP contribution in [0.2, 0.25) is 0 Å². The van der Waals surface area contributed by atoms with Crippen molar-refractivity contribution < 1.29 is 5.11 Å². The van der Waals surface area contributed by atoms with Gasteiger partial charge in [-0.25, -0.2) is 4.98 Å². The Morgan fingerprint density at radius 3 is 2.80 bits per heavy atom. The van der Waals surface area contributed by atoms with Gasteiger partial charge in [0.25, 0.3) is 5.56 Å². The van der Waals surface area contributed by atoms with E-state index in [1.54, 1.807) is 11.9 Å². The second-order valence-corrected chi connectivity index (χ2v) is 4.69. The number of H-pyrrole nitrogens is 1. The summed E-state index contributed by atoms with van der Waals surface area (Å²) in [5, 5.41) is 9.22. The molecule has 15 heavy (non-hydrogen) atoms. The van der Waals surface area contributed by atoms with Crippen LogP contribution in [-0.2, 0) is 0 Å². The fraction of sp³-hybridized carbons (Fsp3) is 0.556. The van der Waals surface area contributed by atoms with Gasteiger partial charge in [-0.2, -0.15) is 0 Å². The Morgan fingerprint density at radius 1 is 1.67 bits per heavy atom. The number of anilines is 1. The van der Waals surface area contributed by atoms with Crippen LogP contribution in [-0.4, -0.2) is 34.3 Å². The van der Waals surface area contributed by atoms with Gasteiger partial charge in [0, 0.05) is 7.05 Å². The lowest BCUT2D eigenvalue weighted by Gasteiger charge is -2.35. The molecule has 0 saturated carbocycles. The quantitative estimate of drug-likeness (QED) is 0.854. The third-order valence-corrected chi connectivity index (χ3v) is 3.11. The molecule has 0 fully saturated rings. The summed E-state index contributed by atoms with van der Waals surface area (Å²) < 4.78 is 0.369. The molecule has 6 heteroatoms. The maximum atomic E-state index is 11.3. The zero-order chi connectivity index (χ0) is 11.6. The maximum absolute atomic E-state index is 11.3. The second kappa shape index (κ2) is 4.32. The lowest BCUT2D eigenvalue weighted by molar-refractivity contribution is 0.215. The van der Waals surface area contributed by atoms with Gasteiger partial charge in [-0.15, -0.1) is 0 Å². The summed E-state index contributed by atoms with van der Waals surface area (Å²) in [5.74, 6) is 0.512. The molecule has 5 nitrogen and oxygen atoms in total. The van der Waals surface area contributed by atoms with Gasteiger partial charge in [-0.05, 0) is 29.8 Å². The zero-order valence-corrected chi connectivity index (χ0v) is 10.5. The van der Waals surface area contributed by atoms with Gasteiger partial charge in [0.1, 0.15) is 4.47 Å². The normalized spacial score (nSPS) is 11.5. The van der Waals surface area contributed by atoms with E-state index in [0.29, 0.717) is 10.3 Å². The molecule has 1 heterocycles. The van der Waals surface area contributed by atoms with E-state index in [2.05, 4.69) is 25.9 Å². The standard InChI is InChI=1S/C9H14BrN3O2/c1-9(2,4-14)13(3)7-6(10)8(15)12-5-11-7/h5,14H,4H2,1-3H3,(H,11,12,15). The molecule has 0 amide bonds. The minimum absolute atomic E-state index is 0.0234. The summed E-state index contributed by atoms with van der Waals surface area (Å²) in [4.78, 5) is 19.6. The molecule has 0 radical (unpaired) electrons. The molecule has 1 aromatic rings. The van der Waals surface area contributed by atoms with Crippen molar-refractivity contribution in [3.8, 4) is 0 Å². The average Bonchev–Trinajstić information content (AvgIpc) is 2.21. The summed E-state index contributed by atoms with van der Waals surface area (Å²) in [6.07, 6.45) is 1.34. The summed E-state index contributed by atoms with van der Waals surface area (Å²) in [7, 11) is 1.78. The first-order valence-electron chi connectivity index (χ1n) is 4.48. The Labute approximate surface area is 96.3 Å². The fourth-order valence-electron chi connectivity index (χ4n) is 1.00. The Hall–Kier alpha value is -0.880. The van der Waals surface area contributed by atoms with Crippen molar-refractivity contribution in [1.82, 2.24) is 9.97 Å². The van der Waals surface area contributed by atoms with E-state index in [0.717, 1.165) is 0 Å². The van der Waals surface area contributed by atoms with Crippen LogP contribution >= 0.6 is 15.9 Å². The molecule has 84 valence electrons. The van der Waals surface area contributed by atoms with Crippen LogP contribution in [0.5, 0.6) is 0 Å². The molecular formula is C9H14BrN3O2. The number of hydrogen-bond acceptors (Lipinski definition) is 4. The molecule has 0 aliphatic rings. The number of likely N-dealkylation sites (N-methyl/N-ethyl adjacent to an activating group) is 1. The molecular weight excluding hydrogens is 262 g/mol. The van der Waals surface area contributed by atoms with Crippen LogP contribution < -0.4 is 10.5 Å². The number of aliphatic hydroxyl groups is 1. The van der Waals surface area contributed by atoms with Crippen molar-refractivity contribution in [1.29, 1.82) is 0 Å². The molecule has 0 atom stereocenters. The minimum Gasteiger partial charge on any atom is -0.394 e. The van der Waals surface area contributed by atoms with Crippen molar-refractivity contribution in [2.75, 3.05) is 18.6 Å². The largest absolute Gasteiger partial charge is 0.394 e. The third kappa shape index (κ3) is 2.38. The molecule has 1 rings (SSSR count). The topological polar surface area (TPSA) is 69.2 Å². The highest BCUT2D eigenvalue weighted by molar-refractivity contribution is 9.10. The highest BCUT2D eigenvalue weighted by atomic mass is 79.9. The van der Waals surface area contributed by atoms with Crippen LogP contribution in [0.15, 0.2) is 15.6 Å². The third-order valence-electron chi connectivity index (χ3n) is 2.39. The van der Waals surface area contributed by atoms with Gasteiger partial charge < -0.3 is 15.0 Å². The number of rotatable bonds is 3. The van der Waals surface area contributed by atoms with E-state index in [1.165, 1.54) is 6.33 Å². The lowest BCUT2D eigenvalue weighted by Crippen LogP contribution is -2.45. The molecule has 0 spiro atoms. The van der Waals surface area contributed by atoms with Crippen molar-refractivity contribution in [3.63, 3.8) is 0 Å². The summed E-state index contributed by atoms with van der Waals surface area (Å²) in [6, 6.07) is 0. The fourth-order valence-corrected chi connectivity index (χ4v) is 1.48. The first kappa shape index (κ1) is 12.2. The molecule has 0 bridgehead atoms. The average molecular weight is 276 g/mol. The van der Waals surface area contributed by atoms with Crippen molar-refractivity contribution in [3.05, 3.63) is 21.2 Å². The Balaban J connectivity index is 3.17. The van der Waals surface area contributed by atoms with Crippen LogP contribution in [0, 0.1) is 0 Å². The van der Waals surface area contributed by atoms with E-state index >= 15 is 0 Å². The Kier molecular flexibility index (Phi) is 3.51. The van der Waals surface area contributed by atoms with E-state index in [1.807, 2.05) is 13.8 Å². The number of halogens is 1. The lowest BCUT2D eigenvalue weighted by atomic mass is 10.1. The number of nitrogens with zero attached hydrogens (tertiary/aromatic N) is 2. The summed E-state index contributed by atoms with van der Waals surface area (Å²) in [5.41, 5.74) is -0.705. The van der Waals surface area contributed by atoms with Crippen molar-refractivity contribution >= 4 is 21.7 Å². The van der Waals surface area contributed by atoms with Crippen LogP contribution in [0.3, 0.4) is 0 Å². The number of aliphatic hydroxyl groups excluding tert-OH is 1. The predicted molar refractivity (Wildman–Crippen MR) is 62.1 cm³/mol. The first-order valence-corrected chi connectivity index (χ1v) is 5.27. The maximum Gasteiger partial charge on any atom is 0.267 e. The predicted octanol–water partition coefficient (Wildman–Crippen LogP) is 0.740. The molecule has 1 aromatic heterocycles. The van der Waals surface area contributed by atoms with E-state index in [-0.39, 0.29) is 12.2 Å². The monoisotopic (exact) mass is 275 g/mol. The van der Waals surface area contributed by atoms with Gasteiger partial charge in [0.15, 0.2) is 5.82 Å². The van der Waals surface area contributed by atoms with Crippen LogP contribution in [0.25, 0.3) is 0 Å². The summed E-state index contributed by atoms with van der Waals surface area (Å²) >= 11 is 3.17. The number of hydrogen-bond donors (Lipinski definition) is 2. The van der Waals surface area contributed by atoms with Crippen LogP contribution in [0.1, 0.15) is 13.8 Å². The van der Waals surface area contributed by atoms with Crippen molar-refractivity contribution in [2.24, 2.45) is 0 Å². The highest BCUT2D eigenvalue weighted by Crippen LogP contribution is 2.24. The molecule has 2 N–H and O–H groups in total. The van der Waals surface area contributed by atoms with Gasteiger partial charge in [-0.1, -0.05) is 0 Å². The van der Waals surface area contributed by atoms with E-state index in [9.17, 15) is 9.90 Å². The molecule has 0 unspecified atom stereocenters. The first-order chi connectivity index (χ1) is 6.90. The SMILES string of the molecule is CN(c1nc[nH]c(=O)c1Br)C(C)(C)CO. The van der Waals surface area contributed by atoms with Gasteiger partial charge in [0.2, 0.25) is 0 Å². The molecule has 0 aliphatic carbocycles. The van der Waals surface area contributed by atoms with Gasteiger partial charge in [0.05, 0.1) is 18.5 Å². The minimum atomic E-state index is -0.469. The molecule has 0 aromatic carbocycles. The molecule has 0 saturated heterocycles. The highest BCUT2D eigenvalue weighted by Gasteiger charge is 2.25. The zero-order valence-electron chi connectivity index (χ0n) is 8.91. The summed E-state index contributed by atoms with van der Waals surface area (Å²) in [6.45, 7) is 3.70. The number of nitrogens with one attached hydrogen (secondary N) is 1. The molecule has 0 aliphatic heterocycles. The van der Waals surface area contributed by atoms with Crippen LogP contribution in [0.4, 0.5) is 5.82 Å². The smallest absolute Gasteiger partial charge is 0.267 e. The van der Waals surface area contributed by atoms with Gasteiger partial charge in [-0.3, -0.25) is 4.79 Å². The van der Waals surface area contributed by atoms with E-state index < -0.39 is 5.54 Å². The Morgan fingerprint density at radius 2 is 2.27 bits per heavy atom.